The van der Waals surface area contributed by atoms with Gasteiger partial charge in [0.25, 0.3) is 0 Å². The highest BCUT2D eigenvalue weighted by Gasteiger charge is 2.39. The molecule has 4 nitrogen and oxygen atoms in total. The number of hydrogen-bond acceptors (Lipinski definition) is 6. The summed E-state index contributed by atoms with van der Waals surface area (Å²) in [6.07, 6.45) is 0.949. The van der Waals surface area contributed by atoms with E-state index >= 15 is 0 Å². The van der Waals surface area contributed by atoms with Crippen LogP contribution >= 0.6 is 22.7 Å². The van der Waals surface area contributed by atoms with Gasteiger partial charge in [0.15, 0.2) is 5.60 Å². The van der Waals surface area contributed by atoms with Gasteiger partial charge in [-0.3, -0.25) is 4.90 Å². The second-order valence-electron chi connectivity index (χ2n) is 7.98. The van der Waals surface area contributed by atoms with Crippen molar-refractivity contribution in [3.05, 3.63) is 104 Å². The van der Waals surface area contributed by atoms with Gasteiger partial charge in [-0.25, -0.2) is 0 Å². The standard InChI is InChI=1S/C26H29NO3S2/c1-20-7-3-8-21(17-20)18-27(13-6-14-29-2)19-22-11-12-23(30-22)26(28,24-9-4-15-31-24)25-10-5-16-32-25/h3-5,7-12,15-17,28H,6,13-14,18-19H2,1-2H3. The second kappa shape index (κ2) is 10.6. The van der Waals surface area contributed by atoms with E-state index in [1.165, 1.54) is 33.8 Å². The lowest BCUT2D eigenvalue weighted by Gasteiger charge is -2.24. The van der Waals surface area contributed by atoms with Gasteiger partial charge in [0, 0.05) is 36.6 Å². The number of methoxy groups -OCH3 is 1. The largest absolute Gasteiger partial charge is 0.461 e. The molecule has 6 heteroatoms. The minimum Gasteiger partial charge on any atom is -0.461 e. The normalized spacial score (nSPS) is 12.0. The van der Waals surface area contributed by atoms with E-state index in [4.69, 9.17) is 9.15 Å². The summed E-state index contributed by atoms with van der Waals surface area (Å²) >= 11 is 3.07. The zero-order chi connectivity index (χ0) is 22.4. The van der Waals surface area contributed by atoms with Gasteiger partial charge < -0.3 is 14.3 Å². The first-order chi connectivity index (χ1) is 15.6. The van der Waals surface area contributed by atoms with E-state index in [0.717, 1.165) is 41.6 Å². The zero-order valence-corrected chi connectivity index (χ0v) is 20.1. The lowest BCUT2D eigenvalue weighted by molar-refractivity contribution is 0.102. The summed E-state index contributed by atoms with van der Waals surface area (Å²) in [6, 6.07) is 20.3. The van der Waals surface area contributed by atoms with E-state index in [2.05, 4.69) is 36.1 Å². The Morgan fingerprint density at radius 1 is 0.969 bits per heavy atom. The van der Waals surface area contributed by atoms with E-state index in [1.54, 1.807) is 7.11 Å². The Labute approximate surface area is 197 Å². The lowest BCUT2D eigenvalue weighted by Crippen LogP contribution is -2.26. The number of nitrogens with zero attached hydrogens (tertiary/aromatic N) is 1. The Morgan fingerprint density at radius 3 is 2.34 bits per heavy atom. The molecule has 0 amide bonds. The number of ether oxygens (including phenoxy) is 1. The molecule has 1 aromatic carbocycles. The highest BCUT2D eigenvalue weighted by molar-refractivity contribution is 7.11. The molecule has 0 saturated heterocycles. The summed E-state index contributed by atoms with van der Waals surface area (Å²) < 4.78 is 11.5. The number of rotatable bonds is 11. The molecule has 0 unspecified atom stereocenters. The average Bonchev–Trinajstić information content (AvgIpc) is 3.56. The first-order valence-electron chi connectivity index (χ1n) is 10.8. The molecule has 0 bridgehead atoms. The molecule has 4 aromatic rings. The topological polar surface area (TPSA) is 45.8 Å². The van der Waals surface area contributed by atoms with Crippen molar-refractivity contribution in [2.45, 2.75) is 32.0 Å². The molecule has 0 aliphatic carbocycles. The van der Waals surface area contributed by atoms with Crippen molar-refractivity contribution in [1.29, 1.82) is 0 Å². The molecule has 3 aromatic heterocycles. The van der Waals surface area contributed by atoms with Crippen LogP contribution in [0, 0.1) is 6.92 Å². The summed E-state index contributed by atoms with van der Waals surface area (Å²) in [7, 11) is 1.74. The van der Waals surface area contributed by atoms with Crippen LogP contribution in [0.4, 0.5) is 0 Å². The molecular weight excluding hydrogens is 438 g/mol. The Balaban J connectivity index is 1.57. The monoisotopic (exact) mass is 467 g/mol. The summed E-state index contributed by atoms with van der Waals surface area (Å²) in [5.41, 5.74) is 1.28. The predicted octanol–water partition coefficient (Wildman–Crippen LogP) is 6.03. The van der Waals surface area contributed by atoms with Crippen molar-refractivity contribution in [1.82, 2.24) is 4.90 Å². The van der Waals surface area contributed by atoms with E-state index < -0.39 is 5.60 Å². The zero-order valence-electron chi connectivity index (χ0n) is 18.5. The summed E-state index contributed by atoms with van der Waals surface area (Å²) in [6.45, 7) is 5.25. The Morgan fingerprint density at radius 2 is 1.72 bits per heavy atom. The van der Waals surface area contributed by atoms with Crippen molar-refractivity contribution in [3.63, 3.8) is 0 Å². The van der Waals surface area contributed by atoms with E-state index in [9.17, 15) is 5.11 Å². The predicted molar refractivity (Wildman–Crippen MR) is 131 cm³/mol. The quantitative estimate of drug-likeness (QED) is 0.273. The van der Waals surface area contributed by atoms with E-state index in [0.29, 0.717) is 12.3 Å². The highest BCUT2D eigenvalue weighted by Crippen LogP contribution is 2.41. The van der Waals surface area contributed by atoms with Crippen LogP contribution in [0.3, 0.4) is 0 Å². The molecule has 0 fully saturated rings. The van der Waals surface area contributed by atoms with Gasteiger partial charge in [0.2, 0.25) is 0 Å². The van der Waals surface area contributed by atoms with Gasteiger partial charge in [-0.15, -0.1) is 22.7 Å². The molecule has 0 saturated carbocycles. The molecule has 32 heavy (non-hydrogen) atoms. The SMILES string of the molecule is COCCCN(Cc1cccc(C)c1)Cc1ccc(C(O)(c2cccs2)c2cccs2)o1. The van der Waals surface area contributed by atoms with Crippen LogP contribution in [0.1, 0.15) is 38.8 Å². The Hall–Kier alpha value is -2.22. The molecule has 168 valence electrons. The first-order valence-corrected chi connectivity index (χ1v) is 12.5. The molecule has 0 radical (unpaired) electrons. The number of furan rings is 1. The highest BCUT2D eigenvalue weighted by atomic mass is 32.1. The van der Waals surface area contributed by atoms with Gasteiger partial charge in [-0.05, 0) is 53.9 Å². The molecule has 0 spiro atoms. The van der Waals surface area contributed by atoms with Crippen LogP contribution < -0.4 is 0 Å². The van der Waals surface area contributed by atoms with Crippen LogP contribution in [0.15, 0.2) is 75.8 Å². The van der Waals surface area contributed by atoms with E-state index in [-0.39, 0.29) is 0 Å². The van der Waals surface area contributed by atoms with Crippen LogP contribution in [0.5, 0.6) is 0 Å². The van der Waals surface area contributed by atoms with Gasteiger partial charge in [0.05, 0.1) is 6.54 Å². The molecular formula is C26H29NO3S2. The van der Waals surface area contributed by atoms with Gasteiger partial charge in [0.1, 0.15) is 11.5 Å². The fraction of sp³-hybridized carbons (Fsp3) is 0.308. The number of aliphatic hydroxyl groups is 1. The first kappa shape index (κ1) is 23.0. The van der Waals surface area contributed by atoms with Crippen LogP contribution in [-0.2, 0) is 23.4 Å². The van der Waals surface area contributed by atoms with Crippen LogP contribution in [0.2, 0.25) is 0 Å². The molecule has 3 heterocycles. The summed E-state index contributed by atoms with van der Waals surface area (Å²) in [5, 5.41) is 15.8. The van der Waals surface area contributed by atoms with Crippen molar-refractivity contribution in [2.75, 3.05) is 20.3 Å². The smallest absolute Gasteiger partial charge is 0.191 e. The second-order valence-corrected chi connectivity index (χ2v) is 9.87. The molecule has 0 aliphatic rings. The van der Waals surface area contributed by atoms with E-state index in [1.807, 2.05) is 47.2 Å². The van der Waals surface area contributed by atoms with Crippen LogP contribution in [0.25, 0.3) is 0 Å². The molecule has 0 atom stereocenters. The van der Waals surface area contributed by atoms with Crippen molar-refractivity contribution in [3.8, 4) is 0 Å². The Bertz CT molecular complexity index is 1050. The summed E-state index contributed by atoms with van der Waals surface area (Å²) in [4.78, 5) is 4.08. The molecule has 4 rings (SSSR count). The fourth-order valence-corrected chi connectivity index (χ4v) is 5.67. The average molecular weight is 468 g/mol. The number of hydrogen-bond donors (Lipinski definition) is 1. The molecule has 0 aliphatic heterocycles. The number of benzene rings is 1. The van der Waals surface area contributed by atoms with Crippen LogP contribution in [-0.4, -0.2) is 30.3 Å². The number of aryl methyl sites for hydroxylation is 1. The van der Waals surface area contributed by atoms with Gasteiger partial charge in [-0.2, -0.15) is 0 Å². The third-order valence-corrected chi connectivity index (χ3v) is 7.42. The molecule has 1 N–H and O–H groups in total. The van der Waals surface area contributed by atoms with Crippen molar-refractivity contribution < 1.29 is 14.3 Å². The van der Waals surface area contributed by atoms with Gasteiger partial charge in [-0.1, -0.05) is 42.0 Å². The minimum atomic E-state index is -1.27. The third-order valence-electron chi connectivity index (χ3n) is 5.46. The number of thiophene rings is 2. The lowest BCUT2D eigenvalue weighted by atomic mass is 9.97. The maximum absolute atomic E-state index is 11.8. The Kier molecular flexibility index (Phi) is 7.60. The maximum atomic E-state index is 11.8. The van der Waals surface area contributed by atoms with Gasteiger partial charge >= 0.3 is 0 Å². The fourth-order valence-electron chi connectivity index (χ4n) is 3.93. The third kappa shape index (κ3) is 5.22. The van der Waals surface area contributed by atoms with Crippen molar-refractivity contribution in [2.24, 2.45) is 0 Å². The minimum absolute atomic E-state index is 0.560. The summed E-state index contributed by atoms with van der Waals surface area (Å²) in [5.74, 6) is 1.40. The maximum Gasteiger partial charge on any atom is 0.191 e. The van der Waals surface area contributed by atoms with Crippen molar-refractivity contribution >= 4 is 22.7 Å².